The van der Waals surface area contributed by atoms with Crippen molar-refractivity contribution in [3.05, 3.63) is 31.8 Å². The van der Waals surface area contributed by atoms with Gasteiger partial charge in [-0.05, 0) is 65.7 Å². The van der Waals surface area contributed by atoms with Gasteiger partial charge in [0.2, 0.25) is 0 Å². The first-order valence-electron chi connectivity index (χ1n) is 5.72. The van der Waals surface area contributed by atoms with Gasteiger partial charge in [-0.1, -0.05) is 36.2 Å². The first-order valence-corrected chi connectivity index (χ1v) is 7.59. The fourth-order valence-electron chi connectivity index (χ4n) is 2.12. The molecular weight excluding hydrogens is 377 g/mol. The predicted molar refractivity (Wildman–Crippen MR) is 82.7 cm³/mol. The van der Waals surface area contributed by atoms with E-state index in [-0.39, 0.29) is 0 Å². The van der Waals surface area contributed by atoms with Crippen molar-refractivity contribution in [2.45, 2.75) is 32.7 Å². The summed E-state index contributed by atoms with van der Waals surface area (Å²) in [5.41, 5.74) is 1.37. The summed E-state index contributed by atoms with van der Waals surface area (Å²) in [5, 5.41) is 3.44. The zero-order valence-corrected chi connectivity index (χ0v) is 13.8. The number of nitrogens with one attached hydrogen (secondary N) is 1. The fourth-order valence-corrected chi connectivity index (χ4v) is 3.13. The maximum absolute atomic E-state index is 3.65. The van der Waals surface area contributed by atoms with Crippen LogP contribution in [0.2, 0.25) is 0 Å². The van der Waals surface area contributed by atoms with Crippen LogP contribution in [0.3, 0.4) is 0 Å². The highest BCUT2D eigenvalue weighted by atomic mass is 127. The highest BCUT2D eigenvalue weighted by molar-refractivity contribution is 14.1. The molecule has 0 amide bonds. The van der Waals surface area contributed by atoms with Crippen LogP contribution in [0.25, 0.3) is 0 Å². The molecule has 3 heteroatoms. The van der Waals surface area contributed by atoms with Crippen LogP contribution < -0.4 is 5.32 Å². The van der Waals surface area contributed by atoms with Crippen molar-refractivity contribution < 1.29 is 0 Å². The highest BCUT2D eigenvalue weighted by Crippen LogP contribution is 2.31. The Morgan fingerprint density at radius 3 is 2.69 bits per heavy atom. The van der Waals surface area contributed by atoms with Crippen molar-refractivity contribution in [2.24, 2.45) is 5.92 Å². The molecule has 0 aliphatic carbocycles. The molecule has 0 aromatic heterocycles. The minimum absolute atomic E-state index is 0.434. The van der Waals surface area contributed by atoms with Gasteiger partial charge in [0, 0.05) is 14.1 Å². The molecule has 1 aromatic rings. The Hall–Kier alpha value is 0.390. The van der Waals surface area contributed by atoms with Crippen LogP contribution in [0.15, 0.2) is 22.7 Å². The van der Waals surface area contributed by atoms with E-state index in [1.54, 1.807) is 0 Å². The third-order valence-corrected chi connectivity index (χ3v) is 4.31. The Morgan fingerprint density at radius 2 is 2.12 bits per heavy atom. The minimum Gasteiger partial charge on any atom is -0.313 e. The van der Waals surface area contributed by atoms with E-state index in [9.17, 15) is 0 Å². The van der Waals surface area contributed by atoms with E-state index in [0.717, 1.165) is 0 Å². The van der Waals surface area contributed by atoms with Crippen molar-refractivity contribution in [1.82, 2.24) is 5.32 Å². The van der Waals surface area contributed by atoms with E-state index in [1.165, 1.54) is 26.4 Å². The molecule has 0 bridgehead atoms. The average Bonchev–Trinajstić information content (AvgIpc) is 2.24. The van der Waals surface area contributed by atoms with Crippen LogP contribution in [-0.4, -0.2) is 7.05 Å². The van der Waals surface area contributed by atoms with Gasteiger partial charge in [0.1, 0.15) is 0 Å². The van der Waals surface area contributed by atoms with Crippen molar-refractivity contribution >= 4 is 38.5 Å². The van der Waals surface area contributed by atoms with E-state index >= 15 is 0 Å². The Morgan fingerprint density at radius 1 is 1.44 bits per heavy atom. The lowest BCUT2D eigenvalue weighted by Gasteiger charge is -2.25. The SMILES string of the molecule is CCCC(C)C(NC)c1cc(I)ccc1Br. The van der Waals surface area contributed by atoms with Crippen molar-refractivity contribution in [1.29, 1.82) is 0 Å². The molecule has 16 heavy (non-hydrogen) atoms. The monoisotopic (exact) mass is 395 g/mol. The topological polar surface area (TPSA) is 12.0 Å². The van der Waals surface area contributed by atoms with E-state index < -0.39 is 0 Å². The molecule has 1 rings (SSSR count). The van der Waals surface area contributed by atoms with E-state index in [0.29, 0.717) is 12.0 Å². The van der Waals surface area contributed by atoms with Crippen molar-refractivity contribution in [3.8, 4) is 0 Å². The summed E-state index contributed by atoms with van der Waals surface area (Å²) >= 11 is 6.02. The number of halogens is 2. The van der Waals surface area contributed by atoms with E-state index in [1.807, 2.05) is 7.05 Å². The summed E-state index contributed by atoms with van der Waals surface area (Å²) in [7, 11) is 2.04. The van der Waals surface area contributed by atoms with E-state index in [4.69, 9.17) is 0 Å². The van der Waals surface area contributed by atoms with Gasteiger partial charge in [0.25, 0.3) is 0 Å². The van der Waals surface area contributed by atoms with Gasteiger partial charge in [-0.25, -0.2) is 0 Å². The van der Waals surface area contributed by atoms with Crippen LogP contribution in [0.4, 0.5) is 0 Å². The molecule has 0 radical (unpaired) electrons. The van der Waals surface area contributed by atoms with Crippen LogP contribution in [0.1, 0.15) is 38.3 Å². The maximum atomic E-state index is 3.65. The lowest BCUT2D eigenvalue weighted by molar-refractivity contribution is 0.383. The summed E-state index contributed by atoms with van der Waals surface area (Å²) in [6.07, 6.45) is 2.49. The summed E-state index contributed by atoms with van der Waals surface area (Å²) < 4.78 is 2.50. The molecule has 90 valence electrons. The molecule has 0 saturated carbocycles. The molecule has 0 fully saturated rings. The smallest absolute Gasteiger partial charge is 0.0355 e. The molecule has 1 aromatic carbocycles. The van der Waals surface area contributed by atoms with Crippen LogP contribution in [0.5, 0.6) is 0 Å². The summed E-state index contributed by atoms with van der Waals surface area (Å²) in [4.78, 5) is 0. The number of benzene rings is 1. The van der Waals surface area contributed by atoms with Crippen molar-refractivity contribution in [3.63, 3.8) is 0 Å². The first kappa shape index (κ1) is 14.5. The quantitative estimate of drug-likeness (QED) is 0.709. The van der Waals surface area contributed by atoms with Gasteiger partial charge in [0.05, 0.1) is 0 Å². The fraction of sp³-hybridized carbons (Fsp3) is 0.538. The number of rotatable bonds is 5. The summed E-state index contributed by atoms with van der Waals surface area (Å²) in [6.45, 7) is 4.56. The lowest BCUT2D eigenvalue weighted by Crippen LogP contribution is -2.24. The van der Waals surface area contributed by atoms with Crippen LogP contribution in [0, 0.1) is 9.49 Å². The second-order valence-corrected chi connectivity index (χ2v) is 6.30. The Balaban J connectivity index is 2.98. The van der Waals surface area contributed by atoms with E-state index in [2.05, 4.69) is 75.9 Å². The molecular formula is C13H19BrIN. The Bertz CT molecular complexity index is 341. The van der Waals surface area contributed by atoms with Gasteiger partial charge in [-0.15, -0.1) is 0 Å². The molecule has 0 saturated heterocycles. The van der Waals surface area contributed by atoms with Gasteiger partial charge < -0.3 is 5.32 Å². The summed E-state index contributed by atoms with van der Waals surface area (Å²) in [6, 6.07) is 6.97. The molecule has 0 aliphatic heterocycles. The predicted octanol–water partition coefficient (Wildman–Crippen LogP) is 4.75. The third kappa shape index (κ3) is 3.70. The largest absolute Gasteiger partial charge is 0.313 e. The second-order valence-electron chi connectivity index (χ2n) is 4.20. The summed E-state index contributed by atoms with van der Waals surface area (Å²) in [5.74, 6) is 0.657. The Labute approximate surface area is 121 Å². The van der Waals surface area contributed by atoms with Gasteiger partial charge >= 0.3 is 0 Å². The minimum atomic E-state index is 0.434. The zero-order valence-electron chi connectivity index (χ0n) is 10.1. The Kier molecular flexibility index (Phi) is 6.29. The number of hydrogen-bond acceptors (Lipinski definition) is 1. The van der Waals surface area contributed by atoms with Crippen molar-refractivity contribution in [2.75, 3.05) is 7.05 Å². The number of hydrogen-bond donors (Lipinski definition) is 1. The lowest BCUT2D eigenvalue weighted by atomic mass is 9.91. The normalized spacial score (nSPS) is 14.8. The third-order valence-electron chi connectivity index (χ3n) is 2.92. The molecule has 0 spiro atoms. The molecule has 1 N–H and O–H groups in total. The average molecular weight is 396 g/mol. The maximum Gasteiger partial charge on any atom is 0.0355 e. The molecule has 0 aliphatic rings. The highest BCUT2D eigenvalue weighted by Gasteiger charge is 2.19. The first-order chi connectivity index (χ1) is 7.60. The standard InChI is InChI=1S/C13H19BrIN/c1-4-5-9(2)13(16-3)11-8-10(15)6-7-12(11)14/h6-9,13,16H,4-5H2,1-3H3. The molecule has 2 unspecified atom stereocenters. The molecule has 1 nitrogen and oxygen atoms in total. The van der Waals surface area contributed by atoms with Gasteiger partial charge in [0.15, 0.2) is 0 Å². The van der Waals surface area contributed by atoms with Crippen LogP contribution in [-0.2, 0) is 0 Å². The van der Waals surface area contributed by atoms with Crippen LogP contribution >= 0.6 is 38.5 Å². The molecule has 2 atom stereocenters. The molecule has 0 heterocycles. The van der Waals surface area contributed by atoms with Gasteiger partial charge in [-0.2, -0.15) is 0 Å². The van der Waals surface area contributed by atoms with Gasteiger partial charge in [-0.3, -0.25) is 0 Å². The zero-order chi connectivity index (χ0) is 12.1. The second kappa shape index (κ2) is 6.97.